The van der Waals surface area contributed by atoms with Crippen molar-refractivity contribution in [3.63, 3.8) is 0 Å². The zero-order valence-electron chi connectivity index (χ0n) is 14.4. The van der Waals surface area contributed by atoms with Crippen molar-refractivity contribution in [2.75, 3.05) is 26.6 Å². The molecule has 0 spiro atoms. The monoisotopic (exact) mass is 340 g/mol. The van der Waals surface area contributed by atoms with Gasteiger partial charge in [-0.25, -0.2) is 0 Å². The highest BCUT2D eigenvalue weighted by atomic mass is 16.5. The van der Waals surface area contributed by atoms with Crippen LogP contribution in [0.1, 0.15) is 5.56 Å². The molecule has 0 fully saturated rings. The summed E-state index contributed by atoms with van der Waals surface area (Å²) >= 11 is 0. The molecule has 0 saturated carbocycles. The number of hydrogen-bond acceptors (Lipinski definition) is 5. The number of carbonyl (C=O) groups excluding carboxylic acids is 1. The lowest BCUT2D eigenvalue weighted by atomic mass is 9.99. The molecule has 25 heavy (non-hydrogen) atoms. The summed E-state index contributed by atoms with van der Waals surface area (Å²) in [5, 5.41) is 12.1. The number of nitrogens with zero attached hydrogens (tertiary/aromatic N) is 1. The van der Waals surface area contributed by atoms with Gasteiger partial charge in [0.05, 0.1) is 27.4 Å². The first kappa shape index (κ1) is 18.1. The number of hydrogen-bond donors (Lipinski definition) is 1. The van der Waals surface area contributed by atoms with Crippen LogP contribution in [0.15, 0.2) is 42.5 Å². The van der Waals surface area contributed by atoms with Crippen LogP contribution < -0.4 is 19.5 Å². The lowest BCUT2D eigenvalue weighted by Crippen LogP contribution is -2.23. The van der Waals surface area contributed by atoms with E-state index < -0.39 is 5.92 Å². The van der Waals surface area contributed by atoms with Crippen molar-refractivity contribution >= 4 is 11.6 Å². The Bertz CT molecular complexity index is 783. The van der Waals surface area contributed by atoms with E-state index in [0.29, 0.717) is 22.9 Å². The van der Waals surface area contributed by atoms with Crippen LogP contribution in [-0.2, 0) is 11.2 Å². The Balaban J connectivity index is 2.14. The molecule has 0 bridgehead atoms. The summed E-state index contributed by atoms with van der Waals surface area (Å²) < 4.78 is 15.7. The molecule has 0 heterocycles. The molecule has 1 atom stereocenters. The summed E-state index contributed by atoms with van der Waals surface area (Å²) in [6, 6.07) is 14.4. The minimum atomic E-state index is -0.843. The Hall–Kier alpha value is -3.20. The first-order chi connectivity index (χ1) is 12.1. The third-order valence-electron chi connectivity index (χ3n) is 3.74. The number of methoxy groups -OCH3 is 3. The fourth-order valence-corrected chi connectivity index (χ4v) is 2.43. The number of benzene rings is 2. The number of rotatable bonds is 7. The molecular weight excluding hydrogens is 320 g/mol. The van der Waals surface area contributed by atoms with Gasteiger partial charge in [-0.3, -0.25) is 4.79 Å². The van der Waals surface area contributed by atoms with E-state index in [1.165, 1.54) is 14.2 Å². The third kappa shape index (κ3) is 4.42. The smallest absolute Gasteiger partial charge is 0.242 e. The average molecular weight is 340 g/mol. The fourth-order valence-electron chi connectivity index (χ4n) is 2.43. The van der Waals surface area contributed by atoms with E-state index in [4.69, 9.17) is 14.2 Å². The second-order valence-electron chi connectivity index (χ2n) is 5.26. The second kappa shape index (κ2) is 8.60. The molecule has 1 N–H and O–H groups in total. The van der Waals surface area contributed by atoms with Crippen LogP contribution >= 0.6 is 0 Å². The maximum Gasteiger partial charge on any atom is 0.242 e. The van der Waals surface area contributed by atoms with Crippen molar-refractivity contribution in [2.45, 2.75) is 6.42 Å². The lowest BCUT2D eigenvalue weighted by molar-refractivity contribution is -0.118. The van der Waals surface area contributed by atoms with E-state index in [2.05, 4.69) is 5.32 Å². The normalized spacial score (nSPS) is 11.1. The average Bonchev–Trinajstić information content (AvgIpc) is 2.66. The Morgan fingerprint density at radius 3 is 2.36 bits per heavy atom. The highest BCUT2D eigenvalue weighted by molar-refractivity contribution is 5.94. The van der Waals surface area contributed by atoms with Crippen LogP contribution in [0, 0.1) is 17.2 Å². The van der Waals surface area contributed by atoms with E-state index in [1.807, 2.05) is 24.3 Å². The maximum atomic E-state index is 12.5. The van der Waals surface area contributed by atoms with Gasteiger partial charge in [-0.1, -0.05) is 18.2 Å². The van der Waals surface area contributed by atoms with Crippen molar-refractivity contribution in [1.82, 2.24) is 0 Å². The summed E-state index contributed by atoms with van der Waals surface area (Å²) in [7, 11) is 4.61. The summed E-state index contributed by atoms with van der Waals surface area (Å²) in [6.45, 7) is 0. The standard InChI is InChI=1S/C19H20N2O4/c1-23-16-7-5-4-6-13(16)10-14(12-20)19(22)21-15-8-9-17(24-2)18(11-15)25-3/h4-9,11,14H,10H2,1-3H3,(H,21,22)/t14-/m0/s1. The summed E-state index contributed by atoms with van der Waals surface area (Å²) in [5.41, 5.74) is 1.34. The highest BCUT2D eigenvalue weighted by Gasteiger charge is 2.20. The van der Waals surface area contributed by atoms with Crippen LogP contribution in [0.2, 0.25) is 0 Å². The molecule has 0 aliphatic rings. The van der Waals surface area contributed by atoms with Gasteiger partial charge in [-0.15, -0.1) is 0 Å². The van der Waals surface area contributed by atoms with Crippen LogP contribution in [-0.4, -0.2) is 27.2 Å². The molecule has 0 unspecified atom stereocenters. The second-order valence-corrected chi connectivity index (χ2v) is 5.26. The van der Waals surface area contributed by atoms with Gasteiger partial charge in [0.1, 0.15) is 11.7 Å². The van der Waals surface area contributed by atoms with Gasteiger partial charge in [0.25, 0.3) is 0 Å². The van der Waals surface area contributed by atoms with E-state index >= 15 is 0 Å². The molecule has 0 saturated heterocycles. The lowest BCUT2D eigenvalue weighted by Gasteiger charge is -2.14. The van der Waals surface area contributed by atoms with Crippen molar-refractivity contribution in [3.8, 4) is 23.3 Å². The van der Waals surface area contributed by atoms with Crippen molar-refractivity contribution in [1.29, 1.82) is 5.26 Å². The molecule has 6 nitrogen and oxygen atoms in total. The van der Waals surface area contributed by atoms with Gasteiger partial charge >= 0.3 is 0 Å². The largest absolute Gasteiger partial charge is 0.496 e. The maximum absolute atomic E-state index is 12.5. The minimum Gasteiger partial charge on any atom is -0.496 e. The number of nitriles is 1. The molecule has 2 aromatic carbocycles. The fraction of sp³-hybridized carbons (Fsp3) is 0.263. The molecular formula is C19H20N2O4. The zero-order valence-corrected chi connectivity index (χ0v) is 14.4. The molecule has 0 radical (unpaired) electrons. The van der Waals surface area contributed by atoms with E-state index in [-0.39, 0.29) is 12.3 Å². The van der Waals surface area contributed by atoms with Crippen molar-refractivity contribution in [2.24, 2.45) is 5.92 Å². The number of amides is 1. The van der Waals surface area contributed by atoms with Gasteiger partial charge in [-0.2, -0.15) is 5.26 Å². The van der Waals surface area contributed by atoms with Crippen LogP contribution in [0.3, 0.4) is 0 Å². The third-order valence-corrected chi connectivity index (χ3v) is 3.74. The van der Waals surface area contributed by atoms with Gasteiger partial charge in [0.15, 0.2) is 11.5 Å². The topological polar surface area (TPSA) is 80.6 Å². The quantitative estimate of drug-likeness (QED) is 0.838. The van der Waals surface area contributed by atoms with Crippen molar-refractivity contribution in [3.05, 3.63) is 48.0 Å². The molecule has 1 amide bonds. The minimum absolute atomic E-state index is 0.264. The van der Waals surface area contributed by atoms with Gasteiger partial charge < -0.3 is 19.5 Å². The first-order valence-corrected chi connectivity index (χ1v) is 7.67. The SMILES string of the molecule is COc1ccccc1C[C@@H](C#N)C(=O)Nc1ccc(OC)c(OC)c1. The number of carbonyl (C=O) groups is 1. The molecule has 6 heteroatoms. The Morgan fingerprint density at radius 2 is 1.72 bits per heavy atom. The van der Waals surface area contributed by atoms with Gasteiger partial charge in [0, 0.05) is 18.2 Å². The Labute approximate surface area is 146 Å². The molecule has 130 valence electrons. The summed E-state index contributed by atoms with van der Waals surface area (Å²) in [5.74, 6) is 0.483. The van der Waals surface area contributed by atoms with Crippen LogP contribution in [0.5, 0.6) is 17.2 Å². The Morgan fingerprint density at radius 1 is 1.04 bits per heavy atom. The zero-order chi connectivity index (χ0) is 18.2. The summed E-state index contributed by atoms with van der Waals surface area (Å²) in [6.07, 6.45) is 0.264. The number of anilines is 1. The molecule has 0 aromatic heterocycles. The van der Waals surface area contributed by atoms with Crippen LogP contribution in [0.4, 0.5) is 5.69 Å². The molecule has 0 aliphatic carbocycles. The van der Waals surface area contributed by atoms with E-state index in [9.17, 15) is 10.1 Å². The molecule has 2 aromatic rings. The van der Waals surface area contributed by atoms with Gasteiger partial charge in [0.2, 0.25) is 5.91 Å². The molecule has 0 aliphatic heterocycles. The highest BCUT2D eigenvalue weighted by Crippen LogP contribution is 2.30. The number of ether oxygens (including phenoxy) is 3. The first-order valence-electron chi connectivity index (χ1n) is 7.67. The number of nitrogens with one attached hydrogen (secondary N) is 1. The van der Waals surface area contributed by atoms with E-state index in [1.54, 1.807) is 31.4 Å². The molecule has 2 rings (SSSR count). The summed E-state index contributed by atoms with van der Waals surface area (Å²) in [4.78, 5) is 12.5. The van der Waals surface area contributed by atoms with Crippen molar-refractivity contribution < 1.29 is 19.0 Å². The van der Waals surface area contributed by atoms with E-state index in [0.717, 1.165) is 5.56 Å². The predicted octanol–water partition coefficient (Wildman–Crippen LogP) is 3.03. The van der Waals surface area contributed by atoms with Crippen LogP contribution in [0.25, 0.3) is 0 Å². The number of para-hydroxylation sites is 1. The predicted molar refractivity (Wildman–Crippen MR) is 94.0 cm³/mol. The Kier molecular flexibility index (Phi) is 6.24. The van der Waals surface area contributed by atoms with Gasteiger partial charge in [-0.05, 0) is 23.8 Å².